The van der Waals surface area contributed by atoms with Crippen molar-refractivity contribution in [2.75, 3.05) is 10.6 Å². The molecule has 5 aromatic carbocycles. The Morgan fingerprint density at radius 3 is 2.07 bits per heavy atom. The van der Waals surface area contributed by atoms with E-state index in [-0.39, 0.29) is 17.5 Å². The summed E-state index contributed by atoms with van der Waals surface area (Å²) < 4.78 is 0. The first-order valence-corrected chi connectivity index (χ1v) is 15.9. The highest BCUT2D eigenvalue weighted by Gasteiger charge is 2.23. The molecule has 1 unspecified atom stereocenters. The van der Waals surface area contributed by atoms with Crippen LogP contribution in [-0.4, -0.2) is 17.7 Å². The third-order valence-corrected chi connectivity index (χ3v) is 8.70. The van der Waals surface area contributed by atoms with Crippen LogP contribution in [-0.2, 0) is 9.59 Å². The molecule has 0 aliphatic carbocycles. The number of thioether (sulfide) groups is 1. The lowest BCUT2D eigenvalue weighted by atomic mass is 10.1. The van der Waals surface area contributed by atoms with Crippen molar-refractivity contribution >= 4 is 58.5 Å². The molecule has 0 saturated carbocycles. The zero-order chi connectivity index (χ0) is 32.5. The van der Waals surface area contributed by atoms with Gasteiger partial charge < -0.3 is 16.0 Å². The van der Waals surface area contributed by atoms with Crippen LogP contribution in [0.25, 0.3) is 6.08 Å². The topological polar surface area (TPSA) is 87.3 Å². The Bertz CT molecular complexity index is 1880. The number of carbonyl (C=O) groups excluding carboxylic acids is 3. The molecular formula is C38H32ClN3O3S. The largest absolute Gasteiger partial charge is 0.325 e. The molecule has 5 aromatic rings. The first-order valence-electron chi connectivity index (χ1n) is 14.6. The summed E-state index contributed by atoms with van der Waals surface area (Å²) in [5.41, 5.74) is 5.29. The molecule has 0 fully saturated rings. The summed E-state index contributed by atoms with van der Waals surface area (Å²) in [4.78, 5) is 40.7. The minimum absolute atomic E-state index is 0.106. The van der Waals surface area contributed by atoms with Crippen molar-refractivity contribution in [1.82, 2.24) is 5.32 Å². The summed E-state index contributed by atoms with van der Waals surface area (Å²) in [5.74, 6) is -1.04. The smallest absolute Gasteiger partial charge is 0.272 e. The van der Waals surface area contributed by atoms with E-state index in [9.17, 15) is 14.4 Å². The number of anilines is 2. The molecule has 0 aliphatic heterocycles. The Morgan fingerprint density at radius 1 is 0.717 bits per heavy atom. The number of amides is 3. The van der Waals surface area contributed by atoms with Gasteiger partial charge >= 0.3 is 0 Å². The minimum Gasteiger partial charge on any atom is -0.325 e. The number of nitrogens with one attached hydrogen (secondary N) is 3. The Morgan fingerprint density at radius 2 is 1.39 bits per heavy atom. The van der Waals surface area contributed by atoms with E-state index in [4.69, 9.17) is 11.6 Å². The molecule has 0 saturated heterocycles. The first-order chi connectivity index (χ1) is 22.2. The predicted octanol–water partition coefficient (Wildman–Crippen LogP) is 8.84. The molecular weight excluding hydrogens is 614 g/mol. The van der Waals surface area contributed by atoms with E-state index in [0.717, 1.165) is 27.1 Å². The third-order valence-electron chi connectivity index (χ3n) is 7.03. The van der Waals surface area contributed by atoms with Gasteiger partial charge in [-0.15, -0.1) is 11.8 Å². The number of hydrogen-bond donors (Lipinski definition) is 3. The van der Waals surface area contributed by atoms with E-state index in [2.05, 4.69) is 16.0 Å². The summed E-state index contributed by atoms with van der Waals surface area (Å²) >= 11 is 7.68. The van der Waals surface area contributed by atoms with Crippen LogP contribution >= 0.6 is 23.4 Å². The van der Waals surface area contributed by atoms with Crippen LogP contribution in [0.4, 0.5) is 11.4 Å². The van der Waals surface area contributed by atoms with Gasteiger partial charge in [-0.1, -0.05) is 96.0 Å². The monoisotopic (exact) mass is 645 g/mol. The van der Waals surface area contributed by atoms with Crippen molar-refractivity contribution in [2.24, 2.45) is 0 Å². The van der Waals surface area contributed by atoms with Crippen LogP contribution in [0.5, 0.6) is 0 Å². The van der Waals surface area contributed by atoms with Crippen LogP contribution in [0, 0.1) is 13.8 Å². The van der Waals surface area contributed by atoms with Gasteiger partial charge in [0, 0.05) is 26.9 Å². The van der Waals surface area contributed by atoms with E-state index >= 15 is 0 Å². The number of benzene rings is 5. The highest BCUT2D eigenvalue weighted by Crippen LogP contribution is 2.37. The maximum Gasteiger partial charge on any atom is 0.272 e. The molecule has 3 amide bonds. The number of aryl methyl sites for hydroxylation is 2. The Hall–Kier alpha value is -5.11. The van der Waals surface area contributed by atoms with E-state index < -0.39 is 11.2 Å². The molecule has 3 N–H and O–H groups in total. The Kier molecular flexibility index (Phi) is 10.7. The predicted molar refractivity (Wildman–Crippen MR) is 188 cm³/mol. The molecule has 8 heteroatoms. The van der Waals surface area contributed by atoms with Gasteiger partial charge in [-0.25, -0.2) is 0 Å². The van der Waals surface area contributed by atoms with Crippen LogP contribution < -0.4 is 16.0 Å². The van der Waals surface area contributed by atoms with E-state index in [0.29, 0.717) is 22.0 Å². The van der Waals surface area contributed by atoms with Gasteiger partial charge in [0.25, 0.3) is 11.8 Å². The molecule has 0 bridgehead atoms. The maximum atomic E-state index is 13.5. The third kappa shape index (κ3) is 8.75. The van der Waals surface area contributed by atoms with Gasteiger partial charge in [0.2, 0.25) is 5.91 Å². The van der Waals surface area contributed by atoms with Crippen molar-refractivity contribution < 1.29 is 14.4 Å². The van der Waals surface area contributed by atoms with Crippen molar-refractivity contribution in [3.05, 3.63) is 166 Å². The lowest BCUT2D eigenvalue weighted by molar-refractivity contribution is -0.116. The fourth-order valence-corrected chi connectivity index (χ4v) is 5.80. The second-order valence-electron chi connectivity index (χ2n) is 10.6. The lowest BCUT2D eigenvalue weighted by Crippen LogP contribution is -2.30. The molecule has 6 nitrogen and oxygen atoms in total. The number of carbonyl (C=O) groups is 3. The fraction of sp³-hybridized carbons (Fsp3) is 0.0789. The highest BCUT2D eigenvalue weighted by molar-refractivity contribution is 8.00. The molecule has 46 heavy (non-hydrogen) atoms. The number of hydrogen-bond acceptors (Lipinski definition) is 4. The van der Waals surface area contributed by atoms with Crippen molar-refractivity contribution in [2.45, 2.75) is 24.0 Å². The summed E-state index contributed by atoms with van der Waals surface area (Å²) in [7, 11) is 0. The summed E-state index contributed by atoms with van der Waals surface area (Å²) in [6, 6.07) is 38.6. The average Bonchev–Trinajstić information content (AvgIpc) is 3.06. The van der Waals surface area contributed by atoms with Crippen molar-refractivity contribution in [3.63, 3.8) is 0 Å². The van der Waals surface area contributed by atoms with Crippen molar-refractivity contribution in [3.8, 4) is 0 Å². The zero-order valence-corrected chi connectivity index (χ0v) is 26.9. The van der Waals surface area contributed by atoms with Gasteiger partial charge in [-0.2, -0.15) is 0 Å². The van der Waals surface area contributed by atoms with Crippen LogP contribution in [0.1, 0.15) is 37.9 Å². The second kappa shape index (κ2) is 15.3. The first kappa shape index (κ1) is 32.3. The van der Waals surface area contributed by atoms with Crippen LogP contribution in [0.15, 0.2) is 138 Å². The van der Waals surface area contributed by atoms with Crippen molar-refractivity contribution in [1.29, 1.82) is 0 Å². The van der Waals surface area contributed by atoms with E-state index in [1.54, 1.807) is 48.5 Å². The molecule has 0 aromatic heterocycles. The molecule has 230 valence electrons. The summed E-state index contributed by atoms with van der Waals surface area (Å²) in [6.45, 7) is 3.87. The average molecular weight is 646 g/mol. The normalized spacial score (nSPS) is 11.8. The van der Waals surface area contributed by atoms with E-state index in [1.807, 2.05) is 98.8 Å². The second-order valence-corrected chi connectivity index (χ2v) is 12.2. The Balaban J connectivity index is 1.33. The highest BCUT2D eigenvalue weighted by atomic mass is 35.5. The maximum absolute atomic E-state index is 13.5. The van der Waals surface area contributed by atoms with Crippen LogP contribution in [0.2, 0.25) is 5.02 Å². The number of halogens is 1. The molecule has 0 radical (unpaired) electrons. The summed E-state index contributed by atoms with van der Waals surface area (Å²) in [6.07, 6.45) is 1.65. The van der Waals surface area contributed by atoms with Gasteiger partial charge in [0.15, 0.2) is 0 Å². The Labute approximate surface area is 277 Å². The molecule has 0 spiro atoms. The molecule has 1 atom stereocenters. The minimum atomic E-state index is -0.543. The quantitative estimate of drug-likeness (QED) is 0.105. The standard InChI is InChI=1S/C38H32ClN3O3S/c1-25-10-9-11-27(22-25)23-34(42-36(43)29-14-7-4-8-15-29)37(44)40-30-18-20-32(21-19-30)46-35(28-12-5-3-6-13-28)38(45)41-31-17-16-26(2)33(39)24-31/h3-24,35H,1-2H3,(H,40,44)(H,41,45)(H,42,43)/b34-23-. The van der Waals surface area contributed by atoms with E-state index in [1.165, 1.54) is 11.8 Å². The van der Waals surface area contributed by atoms with Gasteiger partial charge in [0.05, 0.1) is 0 Å². The fourth-order valence-electron chi connectivity index (χ4n) is 4.60. The molecule has 5 rings (SSSR count). The van der Waals surface area contributed by atoms with Gasteiger partial charge in [0.1, 0.15) is 10.9 Å². The van der Waals surface area contributed by atoms with Crippen LogP contribution in [0.3, 0.4) is 0 Å². The SMILES string of the molecule is Cc1cccc(/C=C(\NC(=O)c2ccccc2)C(=O)Nc2ccc(SC(C(=O)Nc3ccc(C)c(Cl)c3)c3ccccc3)cc2)c1. The van der Waals surface area contributed by atoms with Gasteiger partial charge in [-0.05, 0) is 85.1 Å². The molecule has 0 aliphatic rings. The summed E-state index contributed by atoms with van der Waals surface area (Å²) in [5, 5.41) is 8.68. The lowest BCUT2D eigenvalue weighted by Gasteiger charge is -2.18. The van der Waals surface area contributed by atoms with Gasteiger partial charge in [-0.3, -0.25) is 14.4 Å². The number of rotatable bonds is 10. The molecule has 0 heterocycles. The zero-order valence-electron chi connectivity index (χ0n) is 25.3.